The van der Waals surface area contributed by atoms with Crippen LogP contribution in [0.4, 0.5) is 0 Å². The summed E-state index contributed by atoms with van der Waals surface area (Å²) in [6.45, 7) is 6.38. The van der Waals surface area contributed by atoms with Crippen molar-refractivity contribution < 1.29 is 4.57 Å². The molecule has 0 radical (unpaired) electrons. The van der Waals surface area contributed by atoms with Crippen molar-refractivity contribution in [3.63, 3.8) is 0 Å². The first kappa shape index (κ1) is 13.8. The smallest absolute Gasteiger partial charge is 0.0885 e. The molecule has 0 aromatic rings. The van der Waals surface area contributed by atoms with Gasteiger partial charge in [-0.1, -0.05) is 37.0 Å². The lowest BCUT2D eigenvalue weighted by atomic mass is 10.00. The van der Waals surface area contributed by atoms with Gasteiger partial charge in [0, 0.05) is 0 Å². The highest BCUT2D eigenvalue weighted by atomic mass is 31.1. The molecule has 0 saturated carbocycles. The molecule has 82 valence electrons. The molecule has 0 N–H and O–H groups in total. The predicted octanol–water partition coefficient (Wildman–Crippen LogP) is 4.61. The van der Waals surface area contributed by atoms with Crippen molar-refractivity contribution in [2.24, 2.45) is 5.92 Å². The summed E-state index contributed by atoms with van der Waals surface area (Å²) >= 11 is 0. The summed E-state index contributed by atoms with van der Waals surface area (Å²) in [5, 5.41) is 0. The van der Waals surface area contributed by atoms with E-state index in [4.69, 9.17) is 0 Å². The zero-order valence-electron chi connectivity index (χ0n) is 9.83. The largest absolute Gasteiger partial charge is 0.338 e. The Hall–Kier alpha value is -0.160. The molecule has 0 heterocycles. The fourth-order valence-electron chi connectivity index (χ4n) is 1.50. The molecular formula is C12H24OP+. The number of allylic oxidation sites excluding steroid dienone is 2. The molecule has 0 aromatic heterocycles. The number of hydrogen-bond donors (Lipinski definition) is 0. The van der Waals surface area contributed by atoms with Crippen LogP contribution in [0.2, 0.25) is 0 Å². The van der Waals surface area contributed by atoms with Gasteiger partial charge in [0.05, 0.1) is 0 Å². The lowest BCUT2D eigenvalue weighted by Crippen LogP contribution is -1.98. The SMILES string of the molecule is CCC=CC(CCC)CC[P+](=O)CC. The average molecular weight is 215 g/mol. The fourth-order valence-corrected chi connectivity index (χ4v) is 2.44. The van der Waals surface area contributed by atoms with Crippen LogP contribution in [-0.2, 0) is 4.57 Å². The van der Waals surface area contributed by atoms with E-state index >= 15 is 0 Å². The van der Waals surface area contributed by atoms with Crippen LogP contribution >= 0.6 is 7.80 Å². The van der Waals surface area contributed by atoms with Gasteiger partial charge in [-0.25, -0.2) is 0 Å². The minimum atomic E-state index is -0.920. The first-order valence-electron chi connectivity index (χ1n) is 5.83. The van der Waals surface area contributed by atoms with E-state index in [2.05, 4.69) is 26.0 Å². The van der Waals surface area contributed by atoms with E-state index in [1.54, 1.807) is 0 Å². The maximum Gasteiger partial charge on any atom is 0.338 e. The Morgan fingerprint density at radius 2 is 1.93 bits per heavy atom. The van der Waals surface area contributed by atoms with Crippen molar-refractivity contribution in [1.82, 2.24) is 0 Å². The summed E-state index contributed by atoms with van der Waals surface area (Å²) < 4.78 is 11.3. The third kappa shape index (κ3) is 7.26. The van der Waals surface area contributed by atoms with E-state index in [1.807, 2.05) is 6.92 Å². The van der Waals surface area contributed by atoms with Crippen LogP contribution in [0.25, 0.3) is 0 Å². The summed E-state index contributed by atoms with van der Waals surface area (Å²) in [7, 11) is -0.920. The van der Waals surface area contributed by atoms with Crippen LogP contribution in [-0.4, -0.2) is 12.3 Å². The van der Waals surface area contributed by atoms with E-state index < -0.39 is 7.80 Å². The number of rotatable bonds is 8. The Kier molecular flexibility index (Phi) is 9.29. The van der Waals surface area contributed by atoms with Gasteiger partial charge in [-0.3, -0.25) is 0 Å². The van der Waals surface area contributed by atoms with Crippen LogP contribution < -0.4 is 0 Å². The molecule has 0 aliphatic heterocycles. The van der Waals surface area contributed by atoms with Gasteiger partial charge in [0.25, 0.3) is 0 Å². The lowest BCUT2D eigenvalue weighted by molar-refractivity contribution is 0.550. The highest BCUT2D eigenvalue weighted by Gasteiger charge is 2.14. The minimum Gasteiger partial charge on any atom is -0.0885 e. The molecule has 1 nitrogen and oxygen atoms in total. The molecule has 0 fully saturated rings. The summed E-state index contributed by atoms with van der Waals surface area (Å²) in [6.07, 6.45) is 11.0. The van der Waals surface area contributed by atoms with Gasteiger partial charge < -0.3 is 0 Å². The number of hydrogen-bond acceptors (Lipinski definition) is 1. The van der Waals surface area contributed by atoms with Crippen molar-refractivity contribution in [1.29, 1.82) is 0 Å². The quantitative estimate of drug-likeness (QED) is 0.427. The lowest BCUT2D eigenvalue weighted by Gasteiger charge is -2.07. The molecule has 2 heteroatoms. The Bertz CT molecular complexity index is 175. The molecule has 0 aliphatic carbocycles. The zero-order chi connectivity index (χ0) is 10.8. The molecular weight excluding hydrogens is 191 g/mol. The highest BCUT2D eigenvalue weighted by molar-refractivity contribution is 7.44. The van der Waals surface area contributed by atoms with E-state index in [0.717, 1.165) is 25.2 Å². The summed E-state index contributed by atoms with van der Waals surface area (Å²) in [4.78, 5) is 0. The summed E-state index contributed by atoms with van der Waals surface area (Å²) in [5.41, 5.74) is 0. The average Bonchev–Trinajstić information content (AvgIpc) is 2.21. The van der Waals surface area contributed by atoms with Gasteiger partial charge in [0.1, 0.15) is 12.3 Å². The second kappa shape index (κ2) is 9.40. The van der Waals surface area contributed by atoms with Gasteiger partial charge in [0.15, 0.2) is 0 Å². The summed E-state index contributed by atoms with van der Waals surface area (Å²) in [5.74, 6) is 0.658. The van der Waals surface area contributed by atoms with E-state index in [9.17, 15) is 4.57 Å². The molecule has 0 bridgehead atoms. The van der Waals surface area contributed by atoms with Crippen LogP contribution in [0.5, 0.6) is 0 Å². The van der Waals surface area contributed by atoms with Crippen molar-refractivity contribution in [2.45, 2.75) is 46.5 Å². The minimum absolute atomic E-state index is 0.658. The first-order chi connectivity index (χ1) is 6.74. The van der Waals surface area contributed by atoms with Crippen LogP contribution in [0, 0.1) is 5.92 Å². The van der Waals surface area contributed by atoms with Crippen LogP contribution in [0.1, 0.15) is 46.5 Å². The van der Waals surface area contributed by atoms with Crippen LogP contribution in [0.3, 0.4) is 0 Å². The van der Waals surface area contributed by atoms with Crippen molar-refractivity contribution in [3.05, 3.63) is 12.2 Å². The third-order valence-electron chi connectivity index (χ3n) is 2.41. The Morgan fingerprint density at radius 1 is 1.21 bits per heavy atom. The van der Waals surface area contributed by atoms with Gasteiger partial charge in [0.2, 0.25) is 0 Å². The highest BCUT2D eigenvalue weighted by Crippen LogP contribution is 2.25. The van der Waals surface area contributed by atoms with Gasteiger partial charge >= 0.3 is 7.80 Å². The third-order valence-corrected chi connectivity index (χ3v) is 3.87. The van der Waals surface area contributed by atoms with E-state index in [1.165, 1.54) is 12.8 Å². The topological polar surface area (TPSA) is 17.1 Å². The molecule has 14 heavy (non-hydrogen) atoms. The summed E-state index contributed by atoms with van der Waals surface area (Å²) in [6, 6.07) is 0. The standard InChI is InChI=1S/C12H24OP/c1-4-7-9-12(8-5-2)10-11-14(13)6-3/h7,9,12H,4-6,8,10-11H2,1-3H3/q+1. The van der Waals surface area contributed by atoms with Gasteiger partial charge in [-0.05, 0) is 32.1 Å². The normalized spacial score (nSPS) is 14.6. The maximum absolute atomic E-state index is 11.3. The fraction of sp³-hybridized carbons (Fsp3) is 0.833. The maximum atomic E-state index is 11.3. The predicted molar refractivity (Wildman–Crippen MR) is 65.5 cm³/mol. The van der Waals surface area contributed by atoms with E-state index in [-0.39, 0.29) is 0 Å². The molecule has 0 amide bonds. The second-order valence-electron chi connectivity index (χ2n) is 3.70. The first-order valence-corrected chi connectivity index (χ1v) is 7.46. The molecule has 0 aliphatic rings. The monoisotopic (exact) mass is 215 g/mol. The van der Waals surface area contributed by atoms with Crippen molar-refractivity contribution >= 4 is 7.80 Å². The Balaban J connectivity index is 3.83. The van der Waals surface area contributed by atoms with Gasteiger partial charge in [-0.2, -0.15) is 0 Å². The van der Waals surface area contributed by atoms with Gasteiger partial charge in [-0.15, -0.1) is 0 Å². The molecule has 0 rings (SSSR count). The van der Waals surface area contributed by atoms with Crippen LogP contribution in [0.15, 0.2) is 12.2 Å². The zero-order valence-corrected chi connectivity index (χ0v) is 10.7. The molecule has 0 spiro atoms. The van der Waals surface area contributed by atoms with Crippen molar-refractivity contribution in [2.75, 3.05) is 12.3 Å². The van der Waals surface area contributed by atoms with Crippen molar-refractivity contribution in [3.8, 4) is 0 Å². The Morgan fingerprint density at radius 3 is 2.43 bits per heavy atom. The molecule has 0 saturated heterocycles. The second-order valence-corrected chi connectivity index (χ2v) is 5.74. The molecule has 2 atom stereocenters. The molecule has 2 unspecified atom stereocenters. The molecule has 0 aromatic carbocycles. The van der Waals surface area contributed by atoms with E-state index in [0.29, 0.717) is 5.92 Å². The Labute approximate surface area is 89.8 Å².